The van der Waals surface area contributed by atoms with Crippen molar-refractivity contribution in [1.82, 2.24) is 10.2 Å². The molecule has 1 unspecified atom stereocenters. The number of benzene rings is 3. The molecule has 0 bridgehead atoms. The van der Waals surface area contributed by atoms with Crippen LogP contribution in [0, 0.1) is 0 Å². The summed E-state index contributed by atoms with van der Waals surface area (Å²) in [5.74, 6) is -0.358. The molecule has 3 aromatic carbocycles. The molecule has 0 aliphatic heterocycles. The van der Waals surface area contributed by atoms with Gasteiger partial charge in [-0.25, -0.2) is 8.42 Å². The van der Waals surface area contributed by atoms with Gasteiger partial charge in [0.1, 0.15) is 18.3 Å². The van der Waals surface area contributed by atoms with Crippen LogP contribution < -0.4 is 14.4 Å². The minimum absolute atomic E-state index is 0.0191. The van der Waals surface area contributed by atoms with E-state index in [0.717, 1.165) is 16.3 Å². The molecule has 0 saturated carbocycles. The maximum atomic E-state index is 13.8. The van der Waals surface area contributed by atoms with E-state index in [1.165, 1.54) is 42.3 Å². The molecule has 0 aromatic heterocycles. The maximum absolute atomic E-state index is 13.8. The normalized spacial score (nSPS) is 11.9. The van der Waals surface area contributed by atoms with E-state index >= 15 is 0 Å². The molecule has 2 amide bonds. The number of methoxy groups -OCH3 is 1. The standard InChI is InChI=1S/C28H32ClN3O5S/c1-4-17-30-28(34)21(2)31(19-22-9-6-5-7-10-22)27(33)20-32(24-12-8-11-23(29)18-24)38(35,36)26-15-13-25(37-3)14-16-26/h5-16,18,21H,4,17,19-20H2,1-3H3,(H,30,34). The summed E-state index contributed by atoms with van der Waals surface area (Å²) in [6, 6.07) is 20.6. The molecular weight excluding hydrogens is 526 g/mol. The zero-order chi connectivity index (χ0) is 27.7. The Morgan fingerprint density at radius 1 is 1.00 bits per heavy atom. The molecule has 1 atom stereocenters. The molecule has 8 nitrogen and oxygen atoms in total. The lowest BCUT2D eigenvalue weighted by molar-refractivity contribution is -0.139. The number of halogens is 1. The highest BCUT2D eigenvalue weighted by Crippen LogP contribution is 2.27. The zero-order valence-electron chi connectivity index (χ0n) is 21.6. The Labute approximate surface area is 229 Å². The Morgan fingerprint density at radius 2 is 1.68 bits per heavy atom. The summed E-state index contributed by atoms with van der Waals surface area (Å²) in [5.41, 5.74) is 1.03. The van der Waals surface area contributed by atoms with Crippen molar-refractivity contribution < 1.29 is 22.7 Å². The molecule has 0 aliphatic rings. The van der Waals surface area contributed by atoms with Crippen molar-refractivity contribution in [3.05, 3.63) is 89.4 Å². The van der Waals surface area contributed by atoms with Crippen LogP contribution in [-0.2, 0) is 26.2 Å². The van der Waals surface area contributed by atoms with Gasteiger partial charge in [-0.05, 0) is 61.4 Å². The Bertz CT molecular complexity index is 1330. The summed E-state index contributed by atoms with van der Waals surface area (Å²) < 4.78 is 33.8. The third-order valence-electron chi connectivity index (χ3n) is 5.93. The average Bonchev–Trinajstić information content (AvgIpc) is 2.93. The van der Waals surface area contributed by atoms with E-state index in [4.69, 9.17) is 16.3 Å². The molecule has 0 heterocycles. The molecular formula is C28H32ClN3O5S. The van der Waals surface area contributed by atoms with Crippen molar-refractivity contribution in [3.63, 3.8) is 0 Å². The predicted molar refractivity (Wildman–Crippen MR) is 149 cm³/mol. The minimum Gasteiger partial charge on any atom is -0.497 e. The van der Waals surface area contributed by atoms with Gasteiger partial charge in [0.05, 0.1) is 17.7 Å². The number of sulfonamides is 1. The van der Waals surface area contributed by atoms with E-state index in [0.29, 0.717) is 17.3 Å². The molecule has 1 N–H and O–H groups in total. The first-order valence-corrected chi connectivity index (χ1v) is 14.0. The minimum atomic E-state index is -4.19. The summed E-state index contributed by atoms with van der Waals surface area (Å²) in [6.07, 6.45) is 0.744. The quantitative estimate of drug-likeness (QED) is 0.354. The van der Waals surface area contributed by atoms with E-state index < -0.39 is 28.5 Å². The fourth-order valence-corrected chi connectivity index (χ4v) is 5.38. The molecule has 0 radical (unpaired) electrons. The van der Waals surface area contributed by atoms with Crippen molar-refractivity contribution in [2.24, 2.45) is 0 Å². The Hall–Kier alpha value is -3.56. The largest absolute Gasteiger partial charge is 0.497 e. The summed E-state index contributed by atoms with van der Waals surface area (Å²) >= 11 is 6.19. The van der Waals surface area contributed by atoms with Gasteiger partial charge < -0.3 is 15.0 Å². The summed E-state index contributed by atoms with van der Waals surface area (Å²) in [7, 11) is -2.70. The van der Waals surface area contributed by atoms with Gasteiger partial charge in [-0.2, -0.15) is 0 Å². The molecule has 3 rings (SSSR count). The van der Waals surface area contributed by atoms with Crippen LogP contribution in [0.4, 0.5) is 5.69 Å². The fourth-order valence-electron chi connectivity index (χ4n) is 3.79. The summed E-state index contributed by atoms with van der Waals surface area (Å²) in [5, 5.41) is 3.14. The number of nitrogens with zero attached hydrogens (tertiary/aromatic N) is 2. The van der Waals surface area contributed by atoms with Crippen molar-refractivity contribution in [3.8, 4) is 5.75 Å². The number of anilines is 1. The third-order valence-corrected chi connectivity index (χ3v) is 7.96. The number of hydrogen-bond acceptors (Lipinski definition) is 5. The molecule has 0 spiro atoms. The van der Waals surface area contributed by atoms with Crippen LogP contribution in [0.15, 0.2) is 83.8 Å². The Kier molecular flexibility index (Phi) is 10.2. The number of carbonyl (C=O) groups is 2. The van der Waals surface area contributed by atoms with Gasteiger partial charge in [0.25, 0.3) is 10.0 Å². The summed E-state index contributed by atoms with van der Waals surface area (Å²) in [6.45, 7) is 3.63. The molecule has 3 aromatic rings. The van der Waals surface area contributed by atoms with Crippen LogP contribution in [0.3, 0.4) is 0 Å². The van der Waals surface area contributed by atoms with Crippen molar-refractivity contribution in [2.75, 3.05) is 24.5 Å². The second kappa shape index (κ2) is 13.3. The Morgan fingerprint density at radius 3 is 2.29 bits per heavy atom. The summed E-state index contributed by atoms with van der Waals surface area (Å²) in [4.78, 5) is 28.0. The molecule has 0 aliphatic carbocycles. The van der Waals surface area contributed by atoms with E-state index in [1.54, 1.807) is 25.1 Å². The van der Waals surface area contributed by atoms with Gasteiger partial charge in [-0.1, -0.05) is 54.9 Å². The lowest BCUT2D eigenvalue weighted by Crippen LogP contribution is -2.51. The molecule has 202 valence electrons. The predicted octanol–water partition coefficient (Wildman–Crippen LogP) is 4.49. The molecule has 38 heavy (non-hydrogen) atoms. The van der Waals surface area contributed by atoms with Gasteiger partial charge in [0.2, 0.25) is 11.8 Å². The van der Waals surface area contributed by atoms with Crippen LogP contribution in [0.5, 0.6) is 5.75 Å². The smallest absolute Gasteiger partial charge is 0.264 e. The monoisotopic (exact) mass is 557 g/mol. The zero-order valence-corrected chi connectivity index (χ0v) is 23.2. The number of hydrogen-bond donors (Lipinski definition) is 1. The lowest BCUT2D eigenvalue weighted by Gasteiger charge is -2.32. The van der Waals surface area contributed by atoms with Crippen molar-refractivity contribution >= 4 is 39.1 Å². The first-order chi connectivity index (χ1) is 18.2. The second-order valence-corrected chi connectivity index (χ2v) is 10.9. The topological polar surface area (TPSA) is 96.0 Å². The van der Waals surface area contributed by atoms with Crippen LogP contribution in [0.2, 0.25) is 5.02 Å². The van der Waals surface area contributed by atoms with Gasteiger partial charge in [-0.15, -0.1) is 0 Å². The number of ether oxygens (including phenoxy) is 1. The van der Waals surface area contributed by atoms with Crippen LogP contribution in [-0.4, -0.2) is 51.4 Å². The molecule has 10 heteroatoms. The van der Waals surface area contributed by atoms with E-state index in [9.17, 15) is 18.0 Å². The van der Waals surface area contributed by atoms with Gasteiger partial charge in [0, 0.05) is 18.1 Å². The van der Waals surface area contributed by atoms with Crippen LogP contribution in [0.1, 0.15) is 25.8 Å². The van der Waals surface area contributed by atoms with Crippen LogP contribution in [0.25, 0.3) is 0 Å². The highest BCUT2D eigenvalue weighted by molar-refractivity contribution is 7.92. The molecule has 0 saturated heterocycles. The first kappa shape index (κ1) is 29.0. The number of nitrogens with one attached hydrogen (secondary N) is 1. The molecule has 0 fully saturated rings. The first-order valence-electron chi connectivity index (χ1n) is 12.2. The van der Waals surface area contributed by atoms with E-state index in [1.807, 2.05) is 37.3 Å². The van der Waals surface area contributed by atoms with Crippen molar-refractivity contribution in [2.45, 2.75) is 37.8 Å². The van der Waals surface area contributed by atoms with E-state index in [-0.39, 0.29) is 23.0 Å². The Balaban J connectivity index is 2.01. The maximum Gasteiger partial charge on any atom is 0.264 e. The number of rotatable bonds is 12. The lowest BCUT2D eigenvalue weighted by atomic mass is 10.1. The van der Waals surface area contributed by atoms with Crippen molar-refractivity contribution in [1.29, 1.82) is 0 Å². The number of amides is 2. The SMILES string of the molecule is CCCNC(=O)C(C)N(Cc1ccccc1)C(=O)CN(c1cccc(Cl)c1)S(=O)(=O)c1ccc(OC)cc1. The fraction of sp³-hybridized carbons (Fsp3) is 0.286. The van der Waals surface area contributed by atoms with Gasteiger partial charge in [0.15, 0.2) is 0 Å². The second-order valence-electron chi connectivity index (χ2n) is 8.64. The average molecular weight is 558 g/mol. The highest BCUT2D eigenvalue weighted by Gasteiger charge is 2.32. The highest BCUT2D eigenvalue weighted by atomic mass is 35.5. The third kappa shape index (κ3) is 7.26. The van der Waals surface area contributed by atoms with Crippen LogP contribution >= 0.6 is 11.6 Å². The van der Waals surface area contributed by atoms with E-state index in [2.05, 4.69) is 5.32 Å². The van der Waals surface area contributed by atoms with Gasteiger partial charge in [-0.3, -0.25) is 13.9 Å². The number of carbonyl (C=O) groups excluding carboxylic acids is 2. The van der Waals surface area contributed by atoms with Gasteiger partial charge >= 0.3 is 0 Å².